The van der Waals surface area contributed by atoms with Gasteiger partial charge in [0.25, 0.3) is 0 Å². The monoisotopic (exact) mass is 283 g/mol. The Morgan fingerprint density at radius 3 is 2.30 bits per heavy atom. The smallest absolute Gasteiger partial charge is 0.307 e. The van der Waals surface area contributed by atoms with Crippen LogP contribution in [0.15, 0.2) is 0 Å². The van der Waals surface area contributed by atoms with Gasteiger partial charge in [0.1, 0.15) is 0 Å². The molecule has 4 atom stereocenters. The number of carboxylic acids is 1. The molecule has 2 rings (SSSR count). The number of ether oxygens (including phenoxy) is 1. The molecule has 5 nitrogen and oxygen atoms in total. The van der Waals surface area contributed by atoms with E-state index in [0.29, 0.717) is 13.0 Å². The van der Waals surface area contributed by atoms with E-state index >= 15 is 0 Å². The summed E-state index contributed by atoms with van der Waals surface area (Å²) in [5.74, 6) is -1.76. The Balaban J connectivity index is 1.93. The van der Waals surface area contributed by atoms with E-state index in [4.69, 9.17) is 9.84 Å². The van der Waals surface area contributed by atoms with E-state index < -0.39 is 11.9 Å². The standard InChI is InChI=1S/C15H25NO4/c1-4-15(5-2)11(8-12(15)20-6-3)16-13(17)9-7-10(9)14(18)19/h9-12H,4-8H2,1-3H3,(H,16,17)(H,18,19). The Morgan fingerprint density at radius 1 is 1.20 bits per heavy atom. The SMILES string of the molecule is CCOC1CC(NC(=O)C2CC2C(=O)O)C1(CC)CC. The van der Waals surface area contributed by atoms with Gasteiger partial charge in [0, 0.05) is 18.1 Å². The molecule has 114 valence electrons. The molecule has 0 spiro atoms. The van der Waals surface area contributed by atoms with Crippen LogP contribution in [0.4, 0.5) is 0 Å². The summed E-state index contributed by atoms with van der Waals surface area (Å²) < 4.78 is 5.78. The summed E-state index contributed by atoms with van der Waals surface area (Å²) in [5, 5.41) is 11.9. The van der Waals surface area contributed by atoms with Crippen LogP contribution in [-0.2, 0) is 14.3 Å². The molecule has 2 aliphatic rings. The lowest BCUT2D eigenvalue weighted by atomic mass is 9.58. The van der Waals surface area contributed by atoms with E-state index in [1.165, 1.54) is 0 Å². The minimum Gasteiger partial charge on any atom is -0.481 e. The molecule has 4 unspecified atom stereocenters. The Hall–Kier alpha value is -1.10. The van der Waals surface area contributed by atoms with E-state index in [-0.39, 0.29) is 29.4 Å². The third kappa shape index (κ3) is 2.43. The Kier molecular flexibility index (Phi) is 4.37. The fourth-order valence-corrected chi connectivity index (χ4v) is 3.62. The minimum atomic E-state index is -0.858. The van der Waals surface area contributed by atoms with Crippen LogP contribution in [0.1, 0.15) is 46.5 Å². The molecule has 2 N–H and O–H groups in total. The van der Waals surface area contributed by atoms with Crippen LogP contribution in [-0.4, -0.2) is 35.7 Å². The van der Waals surface area contributed by atoms with Gasteiger partial charge >= 0.3 is 5.97 Å². The molecular formula is C15H25NO4. The zero-order valence-corrected chi connectivity index (χ0v) is 12.5. The maximum absolute atomic E-state index is 12.1. The number of nitrogens with one attached hydrogen (secondary N) is 1. The van der Waals surface area contributed by atoms with E-state index in [0.717, 1.165) is 19.3 Å². The van der Waals surface area contributed by atoms with Crippen molar-refractivity contribution >= 4 is 11.9 Å². The fraction of sp³-hybridized carbons (Fsp3) is 0.867. The predicted octanol–water partition coefficient (Wildman–Crippen LogP) is 1.81. The summed E-state index contributed by atoms with van der Waals surface area (Å²) in [7, 11) is 0. The minimum absolute atomic E-state index is 0.0132. The summed E-state index contributed by atoms with van der Waals surface area (Å²) in [6.07, 6.45) is 3.46. The van der Waals surface area contributed by atoms with Crippen molar-refractivity contribution in [1.82, 2.24) is 5.32 Å². The van der Waals surface area contributed by atoms with Gasteiger partial charge in [-0.05, 0) is 32.6 Å². The maximum atomic E-state index is 12.1. The number of amides is 1. The molecule has 0 aromatic heterocycles. The first kappa shape index (κ1) is 15.3. The van der Waals surface area contributed by atoms with Crippen molar-refractivity contribution in [2.75, 3.05) is 6.61 Å². The van der Waals surface area contributed by atoms with Crippen molar-refractivity contribution in [3.8, 4) is 0 Å². The molecule has 2 fully saturated rings. The van der Waals surface area contributed by atoms with Crippen molar-refractivity contribution in [2.45, 2.75) is 58.6 Å². The highest BCUT2D eigenvalue weighted by Gasteiger charge is 2.56. The van der Waals surface area contributed by atoms with Gasteiger partial charge in [-0.2, -0.15) is 0 Å². The van der Waals surface area contributed by atoms with Crippen LogP contribution in [0.3, 0.4) is 0 Å². The predicted molar refractivity (Wildman–Crippen MR) is 74.2 cm³/mol. The summed E-state index contributed by atoms with van der Waals surface area (Å²) in [5.41, 5.74) is 0.0132. The van der Waals surface area contributed by atoms with Gasteiger partial charge in [0.05, 0.1) is 17.9 Å². The Labute approximate surface area is 120 Å². The van der Waals surface area contributed by atoms with Gasteiger partial charge in [-0.25, -0.2) is 0 Å². The average molecular weight is 283 g/mol. The van der Waals surface area contributed by atoms with Gasteiger partial charge in [-0.1, -0.05) is 13.8 Å². The summed E-state index contributed by atoms with van der Waals surface area (Å²) >= 11 is 0. The third-order valence-corrected chi connectivity index (χ3v) is 5.23. The number of carboxylic acid groups (broad SMARTS) is 1. The topological polar surface area (TPSA) is 75.6 Å². The number of aliphatic carboxylic acids is 1. The first-order chi connectivity index (χ1) is 9.50. The van der Waals surface area contributed by atoms with Crippen molar-refractivity contribution < 1.29 is 19.4 Å². The van der Waals surface area contributed by atoms with E-state index in [2.05, 4.69) is 19.2 Å². The summed E-state index contributed by atoms with van der Waals surface area (Å²) in [6, 6.07) is 0.122. The molecule has 0 radical (unpaired) electrons. The normalized spacial score (nSPS) is 34.1. The van der Waals surface area contributed by atoms with Gasteiger partial charge < -0.3 is 15.2 Å². The molecule has 1 amide bonds. The van der Waals surface area contributed by atoms with Gasteiger partial charge in [0.2, 0.25) is 5.91 Å². The lowest BCUT2D eigenvalue weighted by molar-refractivity contribution is -0.150. The highest BCUT2D eigenvalue weighted by molar-refractivity contribution is 5.89. The van der Waals surface area contributed by atoms with Crippen molar-refractivity contribution in [2.24, 2.45) is 17.3 Å². The van der Waals surface area contributed by atoms with Crippen LogP contribution >= 0.6 is 0 Å². The second-order valence-electron chi connectivity index (χ2n) is 5.97. The van der Waals surface area contributed by atoms with Gasteiger partial charge in [0.15, 0.2) is 0 Å². The Bertz CT molecular complexity index is 391. The quantitative estimate of drug-likeness (QED) is 0.747. The molecule has 5 heteroatoms. The molecule has 0 heterocycles. The lowest BCUT2D eigenvalue weighted by Gasteiger charge is -2.55. The van der Waals surface area contributed by atoms with Crippen LogP contribution in [0.25, 0.3) is 0 Å². The molecule has 20 heavy (non-hydrogen) atoms. The van der Waals surface area contributed by atoms with Crippen molar-refractivity contribution in [1.29, 1.82) is 0 Å². The van der Waals surface area contributed by atoms with E-state index in [9.17, 15) is 9.59 Å². The number of carbonyl (C=O) groups is 2. The lowest BCUT2D eigenvalue weighted by Crippen LogP contribution is -2.64. The second kappa shape index (κ2) is 5.72. The maximum Gasteiger partial charge on any atom is 0.307 e. The molecule has 0 aliphatic heterocycles. The average Bonchev–Trinajstić information content (AvgIpc) is 3.19. The molecule has 0 bridgehead atoms. The van der Waals surface area contributed by atoms with Crippen LogP contribution < -0.4 is 5.32 Å². The molecule has 2 aliphatic carbocycles. The number of hydrogen-bond donors (Lipinski definition) is 2. The van der Waals surface area contributed by atoms with Gasteiger partial charge in [-0.15, -0.1) is 0 Å². The van der Waals surface area contributed by atoms with Gasteiger partial charge in [-0.3, -0.25) is 9.59 Å². The number of hydrogen-bond acceptors (Lipinski definition) is 3. The van der Waals surface area contributed by atoms with E-state index in [1.807, 2.05) is 6.92 Å². The first-order valence-corrected chi connectivity index (χ1v) is 7.64. The molecular weight excluding hydrogens is 258 g/mol. The van der Waals surface area contributed by atoms with Crippen LogP contribution in [0, 0.1) is 17.3 Å². The zero-order chi connectivity index (χ0) is 14.9. The largest absolute Gasteiger partial charge is 0.481 e. The summed E-state index contributed by atoms with van der Waals surface area (Å²) in [6.45, 7) is 6.94. The molecule has 2 saturated carbocycles. The van der Waals surface area contributed by atoms with Crippen LogP contribution in [0.2, 0.25) is 0 Å². The molecule has 0 aromatic carbocycles. The van der Waals surface area contributed by atoms with E-state index in [1.54, 1.807) is 0 Å². The van der Waals surface area contributed by atoms with Crippen molar-refractivity contribution in [3.63, 3.8) is 0 Å². The zero-order valence-electron chi connectivity index (χ0n) is 12.5. The fourth-order valence-electron chi connectivity index (χ4n) is 3.62. The first-order valence-electron chi connectivity index (χ1n) is 7.64. The van der Waals surface area contributed by atoms with Crippen LogP contribution in [0.5, 0.6) is 0 Å². The number of rotatable bonds is 7. The summed E-state index contributed by atoms with van der Waals surface area (Å²) in [4.78, 5) is 22.9. The highest BCUT2D eigenvalue weighted by Crippen LogP contribution is 2.49. The highest BCUT2D eigenvalue weighted by atomic mass is 16.5. The second-order valence-corrected chi connectivity index (χ2v) is 5.97. The van der Waals surface area contributed by atoms with Crippen molar-refractivity contribution in [3.05, 3.63) is 0 Å². The number of carbonyl (C=O) groups excluding carboxylic acids is 1. The molecule has 0 aromatic rings. The Morgan fingerprint density at radius 2 is 1.85 bits per heavy atom. The third-order valence-electron chi connectivity index (χ3n) is 5.23. The molecule has 0 saturated heterocycles.